The van der Waals surface area contributed by atoms with E-state index in [1.54, 1.807) is 13.2 Å². The highest BCUT2D eigenvalue weighted by atomic mass is 16.5. The Kier molecular flexibility index (Phi) is 4.53. The Balaban J connectivity index is 2.93. The summed E-state index contributed by atoms with van der Waals surface area (Å²) in [4.78, 5) is 21.4. The standard InChI is InChI=1S/C14H19NO4/c1-14(2,3)10-7-9(5-6-11(10)19-4)8-15-12(16)13(17)18/h5-7H,8H2,1-4H3,(H,15,16)(H,17,18). The molecule has 0 aliphatic rings. The minimum atomic E-state index is -1.48. The van der Waals surface area contributed by atoms with Crippen molar-refractivity contribution in [3.8, 4) is 5.75 Å². The summed E-state index contributed by atoms with van der Waals surface area (Å²) in [6, 6.07) is 5.54. The van der Waals surface area contributed by atoms with Crippen LogP contribution in [0.2, 0.25) is 0 Å². The lowest BCUT2D eigenvalue weighted by Gasteiger charge is -2.23. The summed E-state index contributed by atoms with van der Waals surface area (Å²) >= 11 is 0. The number of carbonyl (C=O) groups excluding carboxylic acids is 1. The second kappa shape index (κ2) is 5.73. The summed E-state index contributed by atoms with van der Waals surface area (Å²) in [6.45, 7) is 6.36. The Labute approximate surface area is 112 Å². The zero-order valence-corrected chi connectivity index (χ0v) is 11.6. The van der Waals surface area contributed by atoms with Gasteiger partial charge in [0.05, 0.1) is 7.11 Å². The van der Waals surface area contributed by atoms with Crippen molar-refractivity contribution in [3.05, 3.63) is 29.3 Å². The number of hydrogen-bond acceptors (Lipinski definition) is 3. The van der Waals surface area contributed by atoms with E-state index in [-0.39, 0.29) is 12.0 Å². The van der Waals surface area contributed by atoms with Crippen LogP contribution in [0.1, 0.15) is 31.9 Å². The molecule has 0 fully saturated rings. The molecule has 0 aromatic heterocycles. The summed E-state index contributed by atoms with van der Waals surface area (Å²) in [5.41, 5.74) is 1.75. The topological polar surface area (TPSA) is 75.6 Å². The van der Waals surface area contributed by atoms with Crippen LogP contribution in [-0.2, 0) is 21.5 Å². The molecule has 1 aromatic rings. The Morgan fingerprint density at radius 2 is 1.95 bits per heavy atom. The predicted molar refractivity (Wildman–Crippen MR) is 71.2 cm³/mol. The molecule has 0 saturated heterocycles. The minimum absolute atomic E-state index is 0.0990. The molecule has 19 heavy (non-hydrogen) atoms. The van der Waals surface area contributed by atoms with Gasteiger partial charge in [0.25, 0.3) is 0 Å². The maximum absolute atomic E-state index is 11.0. The Hall–Kier alpha value is -2.04. The van der Waals surface area contributed by atoms with Crippen LogP contribution in [0.15, 0.2) is 18.2 Å². The molecular formula is C14H19NO4. The minimum Gasteiger partial charge on any atom is -0.496 e. The quantitative estimate of drug-likeness (QED) is 0.815. The van der Waals surface area contributed by atoms with E-state index in [1.165, 1.54) is 0 Å². The number of amides is 1. The molecule has 0 atom stereocenters. The maximum Gasteiger partial charge on any atom is 0.394 e. The van der Waals surface area contributed by atoms with Crippen molar-refractivity contribution >= 4 is 11.9 Å². The summed E-state index contributed by atoms with van der Waals surface area (Å²) in [6.07, 6.45) is 0. The van der Waals surface area contributed by atoms with Gasteiger partial charge in [-0.25, -0.2) is 4.79 Å². The number of aliphatic carboxylic acids is 1. The van der Waals surface area contributed by atoms with Crippen molar-refractivity contribution in [2.75, 3.05) is 7.11 Å². The van der Waals surface area contributed by atoms with Crippen LogP contribution >= 0.6 is 0 Å². The molecule has 1 rings (SSSR count). The lowest BCUT2D eigenvalue weighted by Crippen LogP contribution is -2.30. The molecule has 0 aliphatic carbocycles. The highest BCUT2D eigenvalue weighted by Gasteiger charge is 2.19. The van der Waals surface area contributed by atoms with Gasteiger partial charge in [-0.1, -0.05) is 26.8 Å². The molecule has 0 spiro atoms. The number of benzene rings is 1. The van der Waals surface area contributed by atoms with Crippen molar-refractivity contribution in [1.82, 2.24) is 5.32 Å². The monoisotopic (exact) mass is 265 g/mol. The van der Waals surface area contributed by atoms with Gasteiger partial charge in [0.15, 0.2) is 0 Å². The molecule has 0 radical (unpaired) electrons. The van der Waals surface area contributed by atoms with Gasteiger partial charge in [0, 0.05) is 6.54 Å². The number of rotatable bonds is 3. The van der Waals surface area contributed by atoms with Crippen molar-refractivity contribution in [2.24, 2.45) is 0 Å². The molecule has 1 amide bonds. The molecule has 0 aliphatic heterocycles. The summed E-state index contributed by atoms with van der Waals surface area (Å²) < 4.78 is 5.31. The summed E-state index contributed by atoms with van der Waals surface area (Å²) in [5, 5.41) is 10.8. The van der Waals surface area contributed by atoms with Crippen LogP contribution in [0, 0.1) is 0 Å². The third kappa shape index (κ3) is 3.98. The van der Waals surface area contributed by atoms with Gasteiger partial charge in [-0.2, -0.15) is 0 Å². The fourth-order valence-corrected chi connectivity index (χ4v) is 1.71. The fourth-order valence-electron chi connectivity index (χ4n) is 1.71. The van der Waals surface area contributed by atoms with Crippen LogP contribution in [0.4, 0.5) is 0 Å². The number of hydrogen-bond donors (Lipinski definition) is 2. The highest BCUT2D eigenvalue weighted by Crippen LogP contribution is 2.31. The van der Waals surface area contributed by atoms with Crippen LogP contribution in [0.25, 0.3) is 0 Å². The Bertz CT molecular complexity index is 489. The normalized spacial score (nSPS) is 10.9. The number of nitrogens with one attached hydrogen (secondary N) is 1. The zero-order valence-electron chi connectivity index (χ0n) is 11.6. The van der Waals surface area contributed by atoms with E-state index in [0.29, 0.717) is 0 Å². The first-order valence-electron chi connectivity index (χ1n) is 5.94. The first-order chi connectivity index (χ1) is 8.75. The fraction of sp³-hybridized carbons (Fsp3) is 0.429. The molecule has 5 heteroatoms. The molecule has 1 aromatic carbocycles. The largest absolute Gasteiger partial charge is 0.496 e. The second-order valence-corrected chi connectivity index (χ2v) is 5.27. The van der Waals surface area contributed by atoms with Crippen LogP contribution in [-0.4, -0.2) is 24.1 Å². The van der Waals surface area contributed by atoms with Crippen LogP contribution in [0.5, 0.6) is 5.75 Å². The molecule has 0 saturated carbocycles. The molecule has 0 bridgehead atoms. The number of ether oxygens (including phenoxy) is 1. The smallest absolute Gasteiger partial charge is 0.394 e. The number of carboxylic acids is 1. The number of carbonyl (C=O) groups is 2. The van der Waals surface area contributed by atoms with Gasteiger partial charge in [0.1, 0.15) is 5.75 Å². The second-order valence-electron chi connectivity index (χ2n) is 5.27. The van der Waals surface area contributed by atoms with Crippen molar-refractivity contribution in [2.45, 2.75) is 32.7 Å². The van der Waals surface area contributed by atoms with Gasteiger partial charge in [-0.3, -0.25) is 4.79 Å². The van der Waals surface area contributed by atoms with Gasteiger partial charge < -0.3 is 15.2 Å². The maximum atomic E-state index is 11.0. The van der Waals surface area contributed by atoms with Crippen molar-refractivity contribution < 1.29 is 19.4 Å². The molecule has 2 N–H and O–H groups in total. The van der Waals surface area contributed by atoms with Crippen molar-refractivity contribution in [3.63, 3.8) is 0 Å². The number of carboxylic acid groups (broad SMARTS) is 1. The number of methoxy groups -OCH3 is 1. The van der Waals surface area contributed by atoms with Gasteiger partial charge in [-0.15, -0.1) is 0 Å². The zero-order chi connectivity index (χ0) is 14.6. The summed E-state index contributed by atoms with van der Waals surface area (Å²) in [5.74, 6) is -1.71. The van der Waals surface area contributed by atoms with E-state index < -0.39 is 11.9 Å². The highest BCUT2D eigenvalue weighted by molar-refractivity contribution is 6.31. The van der Waals surface area contributed by atoms with E-state index in [0.717, 1.165) is 16.9 Å². The van der Waals surface area contributed by atoms with Gasteiger partial charge in [0.2, 0.25) is 0 Å². The average Bonchev–Trinajstić information content (AvgIpc) is 2.34. The third-order valence-corrected chi connectivity index (χ3v) is 2.72. The van der Waals surface area contributed by atoms with Gasteiger partial charge in [-0.05, 0) is 28.7 Å². The van der Waals surface area contributed by atoms with Gasteiger partial charge >= 0.3 is 11.9 Å². The first-order valence-corrected chi connectivity index (χ1v) is 5.94. The van der Waals surface area contributed by atoms with E-state index >= 15 is 0 Å². The Morgan fingerprint density at radius 3 is 2.42 bits per heavy atom. The molecular weight excluding hydrogens is 246 g/mol. The predicted octanol–water partition coefficient (Wildman–Crippen LogP) is 1.69. The van der Waals surface area contributed by atoms with Crippen molar-refractivity contribution in [1.29, 1.82) is 0 Å². The molecule has 0 heterocycles. The summed E-state index contributed by atoms with van der Waals surface area (Å²) in [7, 11) is 1.61. The van der Waals surface area contributed by atoms with Crippen LogP contribution in [0.3, 0.4) is 0 Å². The molecule has 5 nitrogen and oxygen atoms in total. The van der Waals surface area contributed by atoms with E-state index in [2.05, 4.69) is 26.1 Å². The molecule has 0 unspecified atom stereocenters. The first kappa shape index (κ1) is 15.0. The van der Waals surface area contributed by atoms with E-state index in [1.807, 2.05) is 12.1 Å². The Morgan fingerprint density at radius 1 is 1.32 bits per heavy atom. The van der Waals surface area contributed by atoms with E-state index in [4.69, 9.17) is 9.84 Å². The lowest BCUT2D eigenvalue weighted by molar-refractivity contribution is -0.150. The van der Waals surface area contributed by atoms with E-state index in [9.17, 15) is 9.59 Å². The lowest BCUT2D eigenvalue weighted by atomic mass is 9.85. The van der Waals surface area contributed by atoms with Crippen LogP contribution < -0.4 is 10.1 Å². The third-order valence-electron chi connectivity index (χ3n) is 2.72. The average molecular weight is 265 g/mol. The SMILES string of the molecule is COc1ccc(CNC(=O)C(=O)O)cc1C(C)(C)C. The molecule has 104 valence electrons.